The Morgan fingerprint density at radius 2 is 2.22 bits per heavy atom. The number of thioether (sulfide) groups is 1. The van der Waals surface area contributed by atoms with Crippen LogP contribution in [0.5, 0.6) is 0 Å². The number of aryl methyl sites for hydroxylation is 1. The SMILES string of the molecule is Cc1csc(-c2cccc(C(=O)NC3(C(=O)O)CCSC3)c2)n1. The molecule has 0 saturated carbocycles. The third kappa shape index (κ3) is 3.25. The maximum Gasteiger partial charge on any atom is 0.330 e. The largest absolute Gasteiger partial charge is 0.479 e. The Morgan fingerprint density at radius 3 is 2.83 bits per heavy atom. The van der Waals surface area contributed by atoms with E-state index in [-0.39, 0.29) is 5.91 Å². The van der Waals surface area contributed by atoms with Crippen molar-refractivity contribution in [3.8, 4) is 10.6 Å². The topological polar surface area (TPSA) is 79.3 Å². The number of aliphatic carboxylic acids is 1. The summed E-state index contributed by atoms with van der Waals surface area (Å²) in [5, 5.41) is 15.0. The van der Waals surface area contributed by atoms with E-state index in [4.69, 9.17) is 0 Å². The van der Waals surface area contributed by atoms with Crippen LogP contribution in [-0.4, -0.2) is 39.0 Å². The normalized spacial score (nSPS) is 20.4. The van der Waals surface area contributed by atoms with Crippen molar-refractivity contribution >= 4 is 35.0 Å². The highest BCUT2D eigenvalue weighted by Crippen LogP contribution is 2.29. The summed E-state index contributed by atoms with van der Waals surface area (Å²) in [6.45, 7) is 1.92. The van der Waals surface area contributed by atoms with Crippen molar-refractivity contribution in [2.24, 2.45) is 0 Å². The van der Waals surface area contributed by atoms with Crippen LogP contribution in [0, 0.1) is 6.92 Å². The first kappa shape index (κ1) is 16.0. The minimum Gasteiger partial charge on any atom is -0.479 e. The molecule has 0 aliphatic carbocycles. The molecule has 1 amide bonds. The number of carbonyl (C=O) groups excluding carboxylic acids is 1. The fraction of sp³-hybridized carbons (Fsp3) is 0.312. The van der Waals surface area contributed by atoms with Crippen LogP contribution in [0.2, 0.25) is 0 Å². The summed E-state index contributed by atoms with van der Waals surface area (Å²) >= 11 is 3.07. The van der Waals surface area contributed by atoms with Gasteiger partial charge in [-0.15, -0.1) is 11.3 Å². The monoisotopic (exact) mass is 348 g/mol. The molecule has 0 radical (unpaired) electrons. The van der Waals surface area contributed by atoms with Crippen molar-refractivity contribution < 1.29 is 14.7 Å². The minimum absolute atomic E-state index is 0.356. The van der Waals surface area contributed by atoms with Gasteiger partial charge in [0.1, 0.15) is 10.5 Å². The van der Waals surface area contributed by atoms with Crippen LogP contribution in [0.4, 0.5) is 0 Å². The zero-order valence-corrected chi connectivity index (χ0v) is 14.2. The van der Waals surface area contributed by atoms with Gasteiger partial charge in [0.15, 0.2) is 0 Å². The first-order valence-electron chi connectivity index (χ1n) is 7.16. The molecule has 1 saturated heterocycles. The van der Waals surface area contributed by atoms with E-state index in [1.807, 2.05) is 18.4 Å². The fourth-order valence-electron chi connectivity index (χ4n) is 2.46. The zero-order chi connectivity index (χ0) is 16.4. The third-order valence-corrected chi connectivity index (χ3v) is 5.97. The van der Waals surface area contributed by atoms with Gasteiger partial charge in [-0.2, -0.15) is 11.8 Å². The molecule has 3 rings (SSSR count). The molecule has 1 aliphatic rings. The molecule has 0 bridgehead atoms. The van der Waals surface area contributed by atoms with Gasteiger partial charge in [0.2, 0.25) is 0 Å². The van der Waals surface area contributed by atoms with Gasteiger partial charge in [-0.05, 0) is 31.2 Å². The highest BCUT2D eigenvalue weighted by molar-refractivity contribution is 7.99. The zero-order valence-electron chi connectivity index (χ0n) is 12.5. The van der Waals surface area contributed by atoms with Gasteiger partial charge < -0.3 is 10.4 Å². The minimum atomic E-state index is -1.16. The van der Waals surface area contributed by atoms with E-state index in [0.29, 0.717) is 17.7 Å². The summed E-state index contributed by atoms with van der Waals surface area (Å²) in [5.74, 6) is -0.183. The van der Waals surface area contributed by atoms with Crippen LogP contribution in [0.1, 0.15) is 22.5 Å². The van der Waals surface area contributed by atoms with E-state index >= 15 is 0 Å². The van der Waals surface area contributed by atoms with Crippen LogP contribution < -0.4 is 5.32 Å². The van der Waals surface area contributed by atoms with Crippen LogP contribution in [0.3, 0.4) is 0 Å². The Morgan fingerprint density at radius 1 is 1.39 bits per heavy atom. The van der Waals surface area contributed by atoms with Crippen molar-refractivity contribution in [1.29, 1.82) is 0 Å². The standard InChI is InChI=1S/C16H16N2O3S2/c1-10-8-23-14(17-10)12-4-2-3-11(7-12)13(19)18-16(15(20)21)5-6-22-9-16/h2-4,7-8H,5-6,9H2,1H3,(H,18,19)(H,20,21). The van der Waals surface area contributed by atoms with Crippen molar-refractivity contribution in [2.75, 3.05) is 11.5 Å². The van der Waals surface area contributed by atoms with Gasteiger partial charge in [0.05, 0.1) is 0 Å². The second-order valence-electron chi connectivity index (χ2n) is 5.52. The summed E-state index contributed by atoms with van der Waals surface area (Å²) in [4.78, 5) is 28.5. The van der Waals surface area contributed by atoms with E-state index in [0.717, 1.165) is 22.0 Å². The highest BCUT2D eigenvalue weighted by atomic mass is 32.2. The first-order valence-corrected chi connectivity index (χ1v) is 9.20. The summed E-state index contributed by atoms with van der Waals surface area (Å²) in [5.41, 5.74) is 1.09. The Balaban J connectivity index is 1.84. The second-order valence-corrected chi connectivity index (χ2v) is 7.48. The number of nitrogens with one attached hydrogen (secondary N) is 1. The van der Waals surface area contributed by atoms with Crippen LogP contribution >= 0.6 is 23.1 Å². The number of carbonyl (C=O) groups is 2. The molecular formula is C16H16N2O3S2. The maximum atomic E-state index is 12.5. The molecule has 120 valence electrons. The van der Waals surface area contributed by atoms with E-state index < -0.39 is 11.5 Å². The summed E-state index contributed by atoms with van der Waals surface area (Å²) in [6, 6.07) is 7.13. The Bertz CT molecular complexity index is 751. The number of carboxylic acid groups (broad SMARTS) is 1. The van der Waals surface area contributed by atoms with Crippen LogP contribution in [-0.2, 0) is 4.79 Å². The summed E-state index contributed by atoms with van der Waals surface area (Å²) in [7, 11) is 0. The predicted molar refractivity (Wildman–Crippen MR) is 92.1 cm³/mol. The van der Waals surface area contributed by atoms with Gasteiger partial charge in [-0.1, -0.05) is 12.1 Å². The molecule has 23 heavy (non-hydrogen) atoms. The molecule has 2 heterocycles. The fourth-order valence-corrected chi connectivity index (χ4v) is 4.58. The number of hydrogen-bond acceptors (Lipinski definition) is 5. The average Bonchev–Trinajstić information content (AvgIpc) is 3.17. The molecule has 7 heteroatoms. The van der Waals surface area contributed by atoms with Gasteiger partial charge in [-0.3, -0.25) is 4.79 Å². The highest BCUT2D eigenvalue weighted by Gasteiger charge is 2.43. The number of hydrogen-bond donors (Lipinski definition) is 2. The van der Waals surface area contributed by atoms with Gasteiger partial charge in [0, 0.05) is 28.0 Å². The molecule has 1 unspecified atom stereocenters. The number of benzene rings is 1. The van der Waals surface area contributed by atoms with Crippen LogP contribution in [0.25, 0.3) is 10.6 Å². The number of carboxylic acids is 1. The molecule has 5 nitrogen and oxygen atoms in total. The van der Waals surface area contributed by atoms with Gasteiger partial charge >= 0.3 is 5.97 Å². The van der Waals surface area contributed by atoms with E-state index in [9.17, 15) is 14.7 Å². The lowest BCUT2D eigenvalue weighted by atomic mass is 9.98. The third-order valence-electron chi connectivity index (χ3n) is 3.77. The maximum absolute atomic E-state index is 12.5. The number of thiazole rings is 1. The van der Waals surface area contributed by atoms with Crippen molar-refractivity contribution in [3.63, 3.8) is 0 Å². The Hall–Kier alpha value is -1.86. The molecule has 1 fully saturated rings. The molecule has 1 aromatic heterocycles. The number of rotatable bonds is 4. The predicted octanol–water partition coefficient (Wildman–Crippen LogP) is 2.81. The smallest absolute Gasteiger partial charge is 0.330 e. The lowest BCUT2D eigenvalue weighted by Gasteiger charge is -2.24. The first-order chi connectivity index (χ1) is 11.0. The number of aromatic nitrogens is 1. The van der Waals surface area contributed by atoms with E-state index in [2.05, 4.69) is 10.3 Å². The number of amides is 1. The number of nitrogens with zero attached hydrogens (tertiary/aromatic N) is 1. The second kappa shape index (κ2) is 6.33. The lowest BCUT2D eigenvalue weighted by Crippen LogP contribution is -2.54. The molecule has 2 aromatic rings. The van der Waals surface area contributed by atoms with Gasteiger partial charge in [0.25, 0.3) is 5.91 Å². The van der Waals surface area contributed by atoms with Gasteiger partial charge in [-0.25, -0.2) is 9.78 Å². The summed E-state index contributed by atoms with van der Waals surface area (Å²) in [6.07, 6.45) is 0.449. The molecule has 1 aliphatic heterocycles. The Labute approximate surface area is 142 Å². The molecular weight excluding hydrogens is 332 g/mol. The quantitative estimate of drug-likeness (QED) is 0.888. The van der Waals surface area contributed by atoms with Crippen molar-refractivity contribution in [2.45, 2.75) is 18.9 Å². The molecule has 1 atom stereocenters. The molecule has 1 aromatic carbocycles. The lowest BCUT2D eigenvalue weighted by molar-refractivity contribution is -0.143. The van der Waals surface area contributed by atoms with Crippen molar-refractivity contribution in [1.82, 2.24) is 10.3 Å². The average molecular weight is 348 g/mol. The Kier molecular flexibility index (Phi) is 4.41. The molecule has 0 spiro atoms. The van der Waals surface area contributed by atoms with E-state index in [1.165, 1.54) is 11.3 Å². The van der Waals surface area contributed by atoms with Crippen molar-refractivity contribution in [3.05, 3.63) is 40.9 Å². The van der Waals surface area contributed by atoms with Crippen LogP contribution in [0.15, 0.2) is 29.6 Å². The summed E-state index contributed by atoms with van der Waals surface area (Å²) < 4.78 is 0. The van der Waals surface area contributed by atoms with E-state index in [1.54, 1.807) is 30.0 Å². The molecule has 2 N–H and O–H groups in total.